The molecule has 0 unspecified atom stereocenters. The number of aryl methyl sites for hydroxylation is 1. The number of rotatable bonds is 4. The number of thioether (sulfide) groups is 1. The summed E-state index contributed by atoms with van der Waals surface area (Å²) in [6.45, 7) is 0. The van der Waals surface area contributed by atoms with Gasteiger partial charge in [0.05, 0.1) is 0 Å². The minimum Gasteiger partial charge on any atom is -0.235 e. The zero-order chi connectivity index (χ0) is 14.0. The molecular weight excluding hydrogens is 352 g/mol. The van der Waals surface area contributed by atoms with Gasteiger partial charge in [-0.05, 0) is 47.9 Å². The lowest BCUT2D eigenvalue weighted by Gasteiger charge is -2.27. The summed E-state index contributed by atoms with van der Waals surface area (Å²) in [6, 6.07) is 0.00944. The Morgan fingerprint density at radius 1 is 1.37 bits per heavy atom. The van der Waals surface area contributed by atoms with Gasteiger partial charge in [-0.1, -0.05) is 5.21 Å². The molecule has 1 heterocycles. The van der Waals surface area contributed by atoms with E-state index in [2.05, 4.69) is 37.2 Å². The van der Waals surface area contributed by atoms with Gasteiger partial charge >= 0.3 is 0 Å². The van der Waals surface area contributed by atoms with Crippen LogP contribution < -0.4 is 4.72 Å². The molecule has 1 saturated carbocycles. The molecule has 1 N–H and O–H groups in total. The lowest BCUT2D eigenvalue weighted by molar-refractivity contribution is 0.418. The monoisotopic (exact) mass is 368 g/mol. The van der Waals surface area contributed by atoms with Crippen LogP contribution in [0.3, 0.4) is 0 Å². The van der Waals surface area contributed by atoms with E-state index in [4.69, 9.17) is 0 Å². The summed E-state index contributed by atoms with van der Waals surface area (Å²) in [7, 11) is -2.00. The van der Waals surface area contributed by atoms with Crippen LogP contribution in [0.25, 0.3) is 0 Å². The number of halogens is 1. The van der Waals surface area contributed by atoms with Gasteiger partial charge in [0.1, 0.15) is 0 Å². The Labute approximate surface area is 125 Å². The van der Waals surface area contributed by atoms with Gasteiger partial charge in [0, 0.05) is 18.3 Å². The van der Waals surface area contributed by atoms with E-state index in [0.29, 0.717) is 5.25 Å². The van der Waals surface area contributed by atoms with Crippen LogP contribution in [0.4, 0.5) is 0 Å². The molecule has 6 nitrogen and oxygen atoms in total. The lowest BCUT2D eigenvalue weighted by atomic mass is 9.96. The Hall–Kier alpha value is -0.120. The molecule has 1 fully saturated rings. The first-order valence-electron chi connectivity index (χ1n) is 6.04. The van der Waals surface area contributed by atoms with Gasteiger partial charge in [-0.3, -0.25) is 0 Å². The number of nitrogens with zero attached hydrogens (tertiary/aromatic N) is 3. The first-order chi connectivity index (χ1) is 8.94. The molecule has 0 saturated heterocycles. The van der Waals surface area contributed by atoms with Crippen LogP contribution >= 0.6 is 27.7 Å². The molecule has 1 aliphatic carbocycles. The van der Waals surface area contributed by atoms with Gasteiger partial charge in [0.25, 0.3) is 10.0 Å². The van der Waals surface area contributed by atoms with E-state index in [-0.39, 0.29) is 15.7 Å². The zero-order valence-corrected chi connectivity index (χ0v) is 14.1. The third kappa shape index (κ3) is 3.50. The van der Waals surface area contributed by atoms with Crippen LogP contribution in [-0.2, 0) is 17.1 Å². The highest BCUT2D eigenvalue weighted by atomic mass is 79.9. The van der Waals surface area contributed by atoms with Crippen molar-refractivity contribution in [3.8, 4) is 0 Å². The summed E-state index contributed by atoms with van der Waals surface area (Å²) < 4.78 is 28.9. The molecule has 1 aromatic heterocycles. The molecular formula is C10H17BrN4O2S2. The van der Waals surface area contributed by atoms with Crippen molar-refractivity contribution in [3.05, 3.63) is 4.60 Å². The van der Waals surface area contributed by atoms with E-state index in [9.17, 15) is 8.42 Å². The fourth-order valence-electron chi connectivity index (χ4n) is 2.30. The standard InChI is InChI=1S/C10H17BrN4O2S2/c1-15-10(9(11)12-14-15)19(16,17)13-7-3-5-8(18-2)6-4-7/h7-8,13H,3-6H2,1-2H3. The smallest absolute Gasteiger partial charge is 0.235 e. The average molecular weight is 369 g/mol. The van der Waals surface area contributed by atoms with Crippen molar-refractivity contribution in [1.29, 1.82) is 0 Å². The van der Waals surface area contributed by atoms with Crippen LogP contribution in [-0.4, -0.2) is 41.0 Å². The second kappa shape index (κ2) is 6.11. The summed E-state index contributed by atoms with van der Waals surface area (Å²) in [5, 5.41) is 8.15. The van der Waals surface area contributed by atoms with Crippen LogP contribution in [0, 0.1) is 0 Å². The van der Waals surface area contributed by atoms with Gasteiger partial charge < -0.3 is 0 Å². The molecule has 0 atom stereocenters. The topological polar surface area (TPSA) is 76.9 Å². The molecule has 9 heteroatoms. The predicted molar refractivity (Wildman–Crippen MR) is 78.6 cm³/mol. The van der Waals surface area contributed by atoms with Crippen molar-refractivity contribution in [1.82, 2.24) is 19.7 Å². The van der Waals surface area contributed by atoms with E-state index >= 15 is 0 Å². The minimum atomic E-state index is -3.57. The van der Waals surface area contributed by atoms with Gasteiger partial charge in [0.15, 0.2) is 4.60 Å². The van der Waals surface area contributed by atoms with Crippen molar-refractivity contribution in [2.75, 3.05) is 6.26 Å². The molecule has 2 rings (SSSR count). The highest BCUT2D eigenvalue weighted by Gasteiger charge is 2.29. The van der Waals surface area contributed by atoms with E-state index in [1.165, 1.54) is 4.68 Å². The van der Waals surface area contributed by atoms with Gasteiger partial charge in [0.2, 0.25) is 5.03 Å². The SMILES string of the molecule is CSC1CCC(NS(=O)(=O)c2c(Br)nnn2C)CC1. The van der Waals surface area contributed by atoms with Crippen LogP contribution in [0.1, 0.15) is 25.7 Å². The number of hydrogen-bond donors (Lipinski definition) is 1. The second-order valence-corrected chi connectivity index (χ2v) is 8.16. The van der Waals surface area contributed by atoms with Crippen LogP contribution in [0.15, 0.2) is 9.63 Å². The molecule has 0 amide bonds. The van der Waals surface area contributed by atoms with Crippen LogP contribution in [0.2, 0.25) is 0 Å². The third-order valence-electron chi connectivity index (χ3n) is 3.32. The molecule has 1 aromatic rings. The summed E-state index contributed by atoms with van der Waals surface area (Å²) in [6.07, 6.45) is 5.98. The normalized spacial score (nSPS) is 24.6. The zero-order valence-electron chi connectivity index (χ0n) is 10.8. The Kier molecular flexibility index (Phi) is 4.91. The minimum absolute atomic E-state index is 0.00944. The largest absolute Gasteiger partial charge is 0.260 e. The Bertz CT molecular complexity index is 518. The predicted octanol–water partition coefficient (Wildman–Crippen LogP) is 1.53. The summed E-state index contributed by atoms with van der Waals surface area (Å²) in [5.74, 6) is 0. The van der Waals surface area contributed by atoms with E-state index in [1.54, 1.807) is 7.05 Å². The second-order valence-electron chi connectivity index (χ2n) is 4.64. The van der Waals surface area contributed by atoms with Crippen molar-refractivity contribution in [3.63, 3.8) is 0 Å². The number of sulfonamides is 1. The summed E-state index contributed by atoms with van der Waals surface area (Å²) in [5.41, 5.74) is 0. The maximum Gasteiger partial charge on any atom is 0.260 e. The number of aromatic nitrogens is 3. The van der Waals surface area contributed by atoms with Crippen molar-refractivity contribution in [2.45, 2.75) is 42.0 Å². The molecule has 0 spiro atoms. The molecule has 0 bridgehead atoms. The first-order valence-corrected chi connectivity index (χ1v) is 9.60. The molecule has 108 valence electrons. The maximum atomic E-state index is 12.3. The molecule has 0 radical (unpaired) electrons. The Morgan fingerprint density at radius 3 is 2.47 bits per heavy atom. The number of hydrogen-bond acceptors (Lipinski definition) is 5. The molecule has 19 heavy (non-hydrogen) atoms. The third-order valence-corrected chi connectivity index (χ3v) is 6.87. The van der Waals surface area contributed by atoms with Crippen molar-refractivity contribution < 1.29 is 8.42 Å². The van der Waals surface area contributed by atoms with E-state index < -0.39 is 10.0 Å². The van der Waals surface area contributed by atoms with E-state index in [0.717, 1.165) is 25.7 Å². The quantitative estimate of drug-likeness (QED) is 0.871. The summed E-state index contributed by atoms with van der Waals surface area (Å²) >= 11 is 4.98. The van der Waals surface area contributed by atoms with Crippen molar-refractivity contribution >= 4 is 37.7 Å². The highest BCUT2D eigenvalue weighted by Crippen LogP contribution is 2.28. The molecule has 0 aromatic carbocycles. The average Bonchev–Trinajstić information content (AvgIpc) is 2.70. The highest BCUT2D eigenvalue weighted by molar-refractivity contribution is 9.10. The number of nitrogens with one attached hydrogen (secondary N) is 1. The Morgan fingerprint density at radius 2 is 2.00 bits per heavy atom. The van der Waals surface area contributed by atoms with E-state index in [1.807, 2.05) is 11.8 Å². The molecule has 0 aliphatic heterocycles. The van der Waals surface area contributed by atoms with Crippen molar-refractivity contribution in [2.24, 2.45) is 7.05 Å². The summed E-state index contributed by atoms with van der Waals surface area (Å²) in [4.78, 5) is 0. The fraction of sp³-hybridized carbons (Fsp3) is 0.800. The fourth-order valence-corrected chi connectivity index (χ4v) is 5.44. The van der Waals surface area contributed by atoms with Gasteiger partial charge in [-0.2, -0.15) is 11.8 Å². The van der Waals surface area contributed by atoms with Gasteiger partial charge in [-0.15, -0.1) is 5.10 Å². The maximum absolute atomic E-state index is 12.3. The Balaban J connectivity index is 2.07. The van der Waals surface area contributed by atoms with Gasteiger partial charge in [-0.25, -0.2) is 17.8 Å². The molecule has 1 aliphatic rings. The lowest BCUT2D eigenvalue weighted by Crippen LogP contribution is -2.38. The first kappa shape index (κ1) is 15.3. The van der Waals surface area contributed by atoms with Crippen LogP contribution in [0.5, 0.6) is 0 Å².